The fourth-order valence-electron chi connectivity index (χ4n) is 2.93. The molecule has 0 bridgehead atoms. The minimum absolute atomic E-state index is 0.0183. The van der Waals surface area contributed by atoms with Crippen molar-refractivity contribution < 1.29 is 17.6 Å². The fraction of sp³-hybridized carbons (Fsp3) is 0.263. The number of aromatic nitrogens is 4. The molecule has 164 valence electrons. The summed E-state index contributed by atoms with van der Waals surface area (Å²) < 4.78 is 42.4. The molecule has 0 aliphatic rings. The van der Waals surface area contributed by atoms with Gasteiger partial charge in [0, 0.05) is 24.3 Å². The quantitative estimate of drug-likeness (QED) is 0.511. The maximum atomic E-state index is 14.3. The average Bonchev–Trinajstić information content (AvgIpc) is 3.23. The number of amides is 1. The van der Waals surface area contributed by atoms with Crippen LogP contribution in [0.1, 0.15) is 24.2 Å². The van der Waals surface area contributed by atoms with Gasteiger partial charge in [0.05, 0.1) is 5.69 Å². The van der Waals surface area contributed by atoms with Gasteiger partial charge in [-0.2, -0.15) is 8.99 Å². The van der Waals surface area contributed by atoms with Crippen LogP contribution in [0.25, 0.3) is 5.69 Å². The summed E-state index contributed by atoms with van der Waals surface area (Å²) in [6.07, 6.45) is 1.84. The van der Waals surface area contributed by atoms with Crippen LogP contribution in [0.5, 0.6) is 0 Å². The van der Waals surface area contributed by atoms with Crippen LogP contribution in [0, 0.1) is 5.82 Å². The minimum Gasteiger partial charge on any atom is -0.322 e. The third-order valence-electron chi connectivity index (χ3n) is 4.49. The molecule has 9 nitrogen and oxygen atoms in total. The predicted octanol–water partition coefficient (Wildman–Crippen LogP) is 2.81. The largest absolute Gasteiger partial charge is 0.322 e. The molecule has 3 aromatic rings. The van der Waals surface area contributed by atoms with Crippen molar-refractivity contribution in [1.29, 1.82) is 0 Å². The number of tetrazole rings is 1. The van der Waals surface area contributed by atoms with E-state index in [0.29, 0.717) is 16.5 Å². The van der Waals surface area contributed by atoms with E-state index in [2.05, 4.69) is 20.8 Å². The summed E-state index contributed by atoms with van der Waals surface area (Å²) in [5.74, 6) is -1.48. The summed E-state index contributed by atoms with van der Waals surface area (Å²) in [4.78, 5) is 12.2. The molecule has 0 saturated heterocycles. The second kappa shape index (κ2) is 9.54. The Labute approximate surface area is 183 Å². The zero-order chi connectivity index (χ0) is 22.6. The van der Waals surface area contributed by atoms with E-state index in [9.17, 15) is 17.6 Å². The van der Waals surface area contributed by atoms with Crippen molar-refractivity contribution in [3.8, 4) is 5.69 Å². The molecule has 0 unspecified atom stereocenters. The Hall–Kier alpha value is -2.83. The number of nitrogens with one attached hydrogen (secondary N) is 1. The average molecular weight is 465 g/mol. The zero-order valence-electron chi connectivity index (χ0n) is 17.1. The highest BCUT2D eigenvalue weighted by molar-refractivity contribution is 7.98. The maximum absolute atomic E-state index is 14.3. The van der Waals surface area contributed by atoms with E-state index in [4.69, 9.17) is 0 Å². The molecule has 0 aliphatic carbocycles. The molecular weight excluding hydrogens is 443 g/mol. The molecule has 0 aliphatic heterocycles. The first kappa shape index (κ1) is 22.8. The first-order chi connectivity index (χ1) is 14.8. The highest BCUT2D eigenvalue weighted by Gasteiger charge is 2.26. The molecule has 0 saturated carbocycles. The summed E-state index contributed by atoms with van der Waals surface area (Å²) in [6.45, 7) is 3.71. The third-order valence-corrected chi connectivity index (χ3v) is 7.17. The molecule has 3 rings (SSSR count). The van der Waals surface area contributed by atoms with E-state index in [1.165, 1.54) is 22.5 Å². The fourth-order valence-corrected chi connectivity index (χ4v) is 4.91. The molecule has 1 N–H and O–H groups in total. The lowest BCUT2D eigenvalue weighted by Gasteiger charge is -2.19. The minimum atomic E-state index is -4.05. The van der Waals surface area contributed by atoms with Crippen molar-refractivity contribution in [2.45, 2.75) is 23.9 Å². The highest BCUT2D eigenvalue weighted by atomic mass is 32.2. The Kier molecular flexibility index (Phi) is 7.03. The molecule has 1 amide bonds. The van der Waals surface area contributed by atoms with Crippen molar-refractivity contribution >= 4 is 33.4 Å². The lowest BCUT2D eigenvalue weighted by molar-refractivity contribution is 0.102. The lowest BCUT2D eigenvalue weighted by Crippen LogP contribution is -2.31. The van der Waals surface area contributed by atoms with Gasteiger partial charge >= 0.3 is 0 Å². The van der Waals surface area contributed by atoms with E-state index in [1.807, 2.05) is 6.26 Å². The summed E-state index contributed by atoms with van der Waals surface area (Å²) in [7, 11) is -4.05. The molecule has 0 fully saturated rings. The molecule has 0 radical (unpaired) electrons. The van der Waals surface area contributed by atoms with Gasteiger partial charge in [0.1, 0.15) is 10.7 Å². The Bertz CT molecular complexity index is 1190. The van der Waals surface area contributed by atoms with Gasteiger partial charge in [-0.05, 0) is 53.1 Å². The second-order valence-electron chi connectivity index (χ2n) is 6.32. The molecule has 0 atom stereocenters. The summed E-state index contributed by atoms with van der Waals surface area (Å²) >= 11 is 1.37. The van der Waals surface area contributed by atoms with Crippen LogP contribution in [0.15, 0.2) is 52.5 Å². The Morgan fingerprint density at radius 2 is 1.94 bits per heavy atom. The van der Waals surface area contributed by atoms with Crippen molar-refractivity contribution in [1.82, 2.24) is 24.5 Å². The van der Waals surface area contributed by atoms with Crippen molar-refractivity contribution in [2.75, 3.05) is 24.7 Å². The van der Waals surface area contributed by atoms with Crippen LogP contribution in [-0.4, -0.2) is 58.2 Å². The summed E-state index contributed by atoms with van der Waals surface area (Å²) in [5, 5.41) is 14.7. The van der Waals surface area contributed by atoms with Gasteiger partial charge in [-0.25, -0.2) is 12.8 Å². The number of hydrogen-bond acceptors (Lipinski definition) is 7. The van der Waals surface area contributed by atoms with Crippen LogP contribution in [0.2, 0.25) is 0 Å². The van der Waals surface area contributed by atoms with E-state index in [0.717, 1.165) is 16.4 Å². The topological polar surface area (TPSA) is 110 Å². The predicted molar refractivity (Wildman–Crippen MR) is 115 cm³/mol. The van der Waals surface area contributed by atoms with E-state index in [1.54, 1.807) is 38.1 Å². The monoisotopic (exact) mass is 464 g/mol. The number of nitrogens with zero attached hydrogens (tertiary/aromatic N) is 5. The normalized spacial score (nSPS) is 11.6. The molecule has 12 heteroatoms. The van der Waals surface area contributed by atoms with E-state index < -0.39 is 26.6 Å². The third kappa shape index (κ3) is 4.75. The smallest absolute Gasteiger partial charge is 0.255 e. The zero-order valence-corrected chi connectivity index (χ0v) is 18.7. The highest BCUT2D eigenvalue weighted by Crippen LogP contribution is 2.23. The molecular formula is C19H21FN6O3S2. The van der Waals surface area contributed by atoms with E-state index >= 15 is 0 Å². The van der Waals surface area contributed by atoms with Gasteiger partial charge in [0.25, 0.3) is 5.91 Å². The molecule has 1 heterocycles. The van der Waals surface area contributed by atoms with Crippen molar-refractivity contribution in [2.24, 2.45) is 0 Å². The van der Waals surface area contributed by atoms with Crippen LogP contribution >= 0.6 is 11.8 Å². The summed E-state index contributed by atoms with van der Waals surface area (Å²) in [6, 6.07) is 10.1. The standard InChI is InChI=1S/C19H21FN6O3S2/c1-4-25(5-2)31(28,29)17-11-13(9-10-16(17)20)18(27)21-14-7-6-8-15(12-14)26-19(30-3)22-23-24-26/h6-12H,4-5H2,1-3H3,(H,21,27). The van der Waals surface area contributed by atoms with Gasteiger partial charge in [-0.15, -0.1) is 5.10 Å². The number of anilines is 1. The van der Waals surface area contributed by atoms with Crippen LogP contribution in [0.4, 0.5) is 10.1 Å². The Balaban J connectivity index is 1.89. The maximum Gasteiger partial charge on any atom is 0.255 e. The SMILES string of the molecule is CCN(CC)S(=O)(=O)c1cc(C(=O)Nc2cccc(-n3nnnc3SC)c2)ccc1F. The number of thioether (sulfide) groups is 1. The number of benzene rings is 2. The molecule has 1 aromatic heterocycles. The van der Waals surface area contributed by atoms with Gasteiger partial charge in [-0.1, -0.05) is 31.7 Å². The number of sulfonamides is 1. The lowest BCUT2D eigenvalue weighted by atomic mass is 10.2. The number of rotatable bonds is 8. The number of hydrogen-bond donors (Lipinski definition) is 1. The first-order valence-electron chi connectivity index (χ1n) is 9.35. The van der Waals surface area contributed by atoms with Gasteiger partial charge in [0.15, 0.2) is 0 Å². The Morgan fingerprint density at radius 1 is 1.19 bits per heavy atom. The van der Waals surface area contributed by atoms with Gasteiger partial charge in [0.2, 0.25) is 15.2 Å². The van der Waals surface area contributed by atoms with Crippen LogP contribution in [-0.2, 0) is 10.0 Å². The van der Waals surface area contributed by atoms with E-state index in [-0.39, 0.29) is 18.7 Å². The number of carbonyl (C=O) groups is 1. The Morgan fingerprint density at radius 3 is 2.61 bits per heavy atom. The van der Waals surface area contributed by atoms with Crippen molar-refractivity contribution in [3.05, 3.63) is 53.8 Å². The summed E-state index contributed by atoms with van der Waals surface area (Å²) in [5.41, 5.74) is 1.10. The van der Waals surface area contributed by atoms with Crippen LogP contribution < -0.4 is 5.32 Å². The van der Waals surface area contributed by atoms with Crippen LogP contribution in [0.3, 0.4) is 0 Å². The number of carbonyl (C=O) groups excluding carboxylic acids is 1. The molecule has 0 spiro atoms. The first-order valence-corrected chi connectivity index (χ1v) is 12.0. The molecule has 2 aromatic carbocycles. The number of halogens is 1. The second-order valence-corrected chi connectivity index (χ2v) is 9.00. The van der Waals surface area contributed by atoms with Gasteiger partial charge in [-0.3, -0.25) is 4.79 Å². The van der Waals surface area contributed by atoms with Crippen molar-refractivity contribution in [3.63, 3.8) is 0 Å². The van der Waals surface area contributed by atoms with Gasteiger partial charge < -0.3 is 5.32 Å². The molecule has 31 heavy (non-hydrogen) atoms.